The van der Waals surface area contributed by atoms with E-state index in [4.69, 9.17) is 28.9 Å². The standard InChI is InChI=1S/C20H12Cl2F2N4O2S/c21-13-3-2-12(8-14(13)22)31(29,30)28-17-6-4-15(23)18(19(17)24)10-1-5-16-11(7-10)9-26-20(25)27-16/h1-9,28H,(H2,25,26,27). The van der Waals surface area contributed by atoms with Gasteiger partial charge in [0.05, 0.1) is 31.7 Å². The van der Waals surface area contributed by atoms with Gasteiger partial charge < -0.3 is 5.73 Å². The van der Waals surface area contributed by atoms with Crippen molar-refractivity contribution in [2.24, 2.45) is 0 Å². The van der Waals surface area contributed by atoms with Crippen molar-refractivity contribution in [2.45, 2.75) is 4.90 Å². The number of nitrogen functional groups attached to an aromatic ring is 1. The van der Waals surface area contributed by atoms with Gasteiger partial charge in [-0.15, -0.1) is 0 Å². The van der Waals surface area contributed by atoms with Gasteiger partial charge in [0, 0.05) is 11.6 Å². The predicted octanol–water partition coefficient (Wildman–Crippen LogP) is 5.26. The number of rotatable bonds is 4. The number of nitrogens with zero attached hydrogens (tertiary/aromatic N) is 2. The Morgan fingerprint density at radius 3 is 2.48 bits per heavy atom. The fraction of sp³-hybridized carbons (Fsp3) is 0. The van der Waals surface area contributed by atoms with Gasteiger partial charge >= 0.3 is 0 Å². The molecular weight excluding hydrogens is 469 g/mol. The fourth-order valence-electron chi connectivity index (χ4n) is 2.95. The van der Waals surface area contributed by atoms with Crippen molar-refractivity contribution in [3.63, 3.8) is 0 Å². The van der Waals surface area contributed by atoms with Crippen molar-refractivity contribution in [2.75, 3.05) is 10.5 Å². The molecule has 0 aliphatic carbocycles. The number of aromatic nitrogens is 2. The average Bonchev–Trinajstić information content (AvgIpc) is 2.72. The second kappa shape index (κ2) is 7.92. The summed E-state index contributed by atoms with van der Waals surface area (Å²) in [4.78, 5) is 7.67. The maximum Gasteiger partial charge on any atom is 0.262 e. The second-order valence-corrected chi connectivity index (χ2v) is 8.96. The molecule has 6 nitrogen and oxygen atoms in total. The van der Waals surface area contributed by atoms with Crippen LogP contribution in [0.5, 0.6) is 0 Å². The molecule has 158 valence electrons. The molecule has 31 heavy (non-hydrogen) atoms. The van der Waals surface area contributed by atoms with E-state index in [0.717, 1.165) is 18.2 Å². The molecule has 3 aromatic carbocycles. The van der Waals surface area contributed by atoms with Gasteiger partial charge in [-0.2, -0.15) is 0 Å². The van der Waals surface area contributed by atoms with Crippen LogP contribution in [0.25, 0.3) is 22.0 Å². The van der Waals surface area contributed by atoms with Crippen molar-refractivity contribution >= 4 is 55.8 Å². The minimum atomic E-state index is -4.22. The van der Waals surface area contributed by atoms with E-state index in [1.54, 1.807) is 0 Å². The highest BCUT2D eigenvalue weighted by Gasteiger charge is 2.22. The van der Waals surface area contributed by atoms with Gasteiger partial charge in [-0.3, -0.25) is 4.72 Å². The van der Waals surface area contributed by atoms with E-state index < -0.39 is 32.9 Å². The molecule has 1 aromatic heterocycles. The molecule has 3 N–H and O–H groups in total. The third kappa shape index (κ3) is 4.12. The molecule has 1 heterocycles. The highest BCUT2D eigenvalue weighted by molar-refractivity contribution is 7.92. The summed E-state index contributed by atoms with van der Waals surface area (Å²) in [5.74, 6) is -1.89. The van der Waals surface area contributed by atoms with Crippen molar-refractivity contribution in [3.05, 3.63) is 76.4 Å². The minimum absolute atomic E-state index is 0.0174. The van der Waals surface area contributed by atoms with Gasteiger partial charge in [-0.1, -0.05) is 29.3 Å². The zero-order chi connectivity index (χ0) is 22.3. The largest absolute Gasteiger partial charge is 0.368 e. The Morgan fingerprint density at radius 2 is 1.74 bits per heavy atom. The molecule has 0 saturated heterocycles. The highest BCUT2D eigenvalue weighted by Crippen LogP contribution is 2.33. The molecule has 0 fully saturated rings. The maximum absolute atomic E-state index is 15.2. The number of sulfonamides is 1. The lowest BCUT2D eigenvalue weighted by atomic mass is 10.0. The van der Waals surface area contributed by atoms with Gasteiger partial charge in [-0.05, 0) is 48.0 Å². The van der Waals surface area contributed by atoms with Crippen molar-refractivity contribution in [1.29, 1.82) is 0 Å². The van der Waals surface area contributed by atoms with Crippen LogP contribution >= 0.6 is 23.2 Å². The van der Waals surface area contributed by atoms with Gasteiger partial charge in [0.1, 0.15) is 5.82 Å². The topological polar surface area (TPSA) is 98.0 Å². The van der Waals surface area contributed by atoms with Crippen molar-refractivity contribution in [1.82, 2.24) is 9.97 Å². The van der Waals surface area contributed by atoms with E-state index in [-0.39, 0.29) is 26.5 Å². The fourth-order valence-corrected chi connectivity index (χ4v) is 4.39. The van der Waals surface area contributed by atoms with Crippen LogP contribution in [0.4, 0.5) is 20.4 Å². The summed E-state index contributed by atoms with van der Waals surface area (Å²) in [6, 6.07) is 10.1. The molecule has 0 aliphatic heterocycles. The summed E-state index contributed by atoms with van der Waals surface area (Å²) in [5.41, 5.74) is 5.37. The summed E-state index contributed by atoms with van der Waals surface area (Å²) in [7, 11) is -4.22. The Bertz CT molecular complexity index is 1450. The number of benzene rings is 3. The molecule has 0 atom stereocenters. The van der Waals surface area contributed by atoms with Crippen LogP contribution in [0.15, 0.2) is 59.6 Å². The molecule has 0 bridgehead atoms. The first-order valence-corrected chi connectivity index (χ1v) is 10.9. The van der Waals surface area contributed by atoms with Crippen LogP contribution in [-0.4, -0.2) is 18.4 Å². The lowest BCUT2D eigenvalue weighted by Crippen LogP contribution is -2.14. The molecule has 0 radical (unpaired) electrons. The second-order valence-electron chi connectivity index (χ2n) is 6.47. The summed E-state index contributed by atoms with van der Waals surface area (Å²) in [6.07, 6.45) is 1.42. The lowest BCUT2D eigenvalue weighted by Gasteiger charge is -2.13. The Balaban J connectivity index is 1.77. The number of hydrogen-bond acceptors (Lipinski definition) is 5. The molecule has 11 heteroatoms. The number of nitrogens with two attached hydrogens (primary N) is 1. The van der Waals surface area contributed by atoms with Crippen LogP contribution in [0, 0.1) is 11.6 Å². The number of halogens is 4. The summed E-state index contributed by atoms with van der Waals surface area (Å²) in [6.45, 7) is 0. The summed E-state index contributed by atoms with van der Waals surface area (Å²) >= 11 is 11.7. The first-order valence-electron chi connectivity index (χ1n) is 8.64. The lowest BCUT2D eigenvalue weighted by molar-refractivity contribution is 0.588. The zero-order valence-corrected chi connectivity index (χ0v) is 17.7. The minimum Gasteiger partial charge on any atom is -0.368 e. The first kappa shape index (κ1) is 21.2. The number of hydrogen-bond donors (Lipinski definition) is 2. The van der Waals surface area contributed by atoms with E-state index in [1.165, 1.54) is 36.5 Å². The van der Waals surface area contributed by atoms with Gasteiger partial charge in [0.25, 0.3) is 10.0 Å². The van der Waals surface area contributed by atoms with Crippen LogP contribution < -0.4 is 10.5 Å². The molecule has 4 rings (SSSR count). The first-order chi connectivity index (χ1) is 14.7. The normalized spacial score (nSPS) is 11.6. The Labute approximate surface area is 185 Å². The van der Waals surface area contributed by atoms with Crippen LogP contribution in [0.3, 0.4) is 0 Å². The van der Waals surface area contributed by atoms with E-state index in [2.05, 4.69) is 14.7 Å². The van der Waals surface area contributed by atoms with Crippen LogP contribution in [0.1, 0.15) is 0 Å². The molecule has 0 spiro atoms. The Morgan fingerprint density at radius 1 is 0.968 bits per heavy atom. The molecule has 0 aliphatic rings. The average molecular weight is 481 g/mol. The monoisotopic (exact) mass is 480 g/mol. The SMILES string of the molecule is Nc1ncc2cc(-c3c(F)ccc(NS(=O)(=O)c4ccc(Cl)c(Cl)c4)c3F)ccc2n1. The van der Waals surface area contributed by atoms with E-state index >= 15 is 4.39 Å². The smallest absolute Gasteiger partial charge is 0.262 e. The highest BCUT2D eigenvalue weighted by atomic mass is 35.5. The third-order valence-corrected chi connectivity index (χ3v) is 6.53. The maximum atomic E-state index is 15.2. The Hall–Kier alpha value is -3.01. The van der Waals surface area contributed by atoms with Gasteiger partial charge in [0.2, 0.25) is 5.95 Å². The molecule has 0 saturated carbocycles. The number of fused-ring (bicyclic) bond motifs is 1. The predicted molar refractivity (Wildman–Crippen MR) is 117 cm³/mol. The van der Waals surface area contributed by atoms with Crippen molar-refractivity contribution in [3.8, 4) is 11.1 Å². The van der Waals surface area contributed by atoms with Crippen molar-refractivity contribution < 1.29 is 17.2 Å². The van der Waals surface area contributed by atoms with E-state index in [1.807, 2.05) is 0 Å². The number of nitrogens with one attached hydrogen (secondary N) is 1. The third-order valence-electron chi connectivity index (χ3n) is 4.42. The van der Waals surface area contributed by atoms with E-state index in [9.17, 15) is 12.8 Å². The van der Waals surface area contributed by atoms with Gasteiger partial charge in [-0.25, -0.2) is 27.2 Å². The molecule has 4 aromatic rings. The van der Waals surface area contributed by atoms with Gasteiger partial charge in [0.15, 0.2) is 5.82 Å². The molecular formula is C20H12Cl2F2N4O2S. The molecule has 0 unspecified atom stereocenters. The summed E-state index contributed by atoms with van der Waals surface area (Å²) < 4.78 is 57.2. The Kier molecular flexibility index (Phi) is 5.42. The van der Waals surface area contributed by atoms with Crippen LogP contribution in [0.2, 0.25) is 10.0 Å². The quantitative estimate of drug-likeness (QED) is 0.414. The van der Waals surface area contributed by atoms with E-state index in [0.29, 0.717) is 10.9 Å². The summed E-state index contributed by atoms with van der Waals surface area (Å²) in [5, 5.41) is 0.689. The number of anilines is 2. The van der Waals surface area contributed by atoms with Crippen LogP contribution in [-0.2, 0) is 10.0 Å². The zero-order valence-electron chi connectivity index (χ0n) is 15.4. The molecule has 0 amide bonds.